The lowest BCUT2D eigenvalue weighted by atomic mass is 9.82. The van der Waals surface area contributed by atoms with Crippen LogP contribution in [0.15, 0.2) is 24.3 Å². The number of ether oxygens (including phenoxy) is 1. The number of rotatable bonds is 7. The first-order chi connectivity index (χ1) is 11.0. The monoisotopic (exact) mass is 317 g/mol. The van der Waals surface area contributed by atoms with E-state index in [1.54, 1.807) is 0 Å². The van der Waals surface area contributed by atoms with Crippen LogP contribution in [0, 0.1) is 0 Å². The number of hydrogen-bond donors (Lipinski definition) is 0. The zero-order valence-corrected chi connectivity index (χ0v) is 15.8. The number of hydrogen-bond acceptors (Lipinski definition) is 2. The van der Waals surface area contributed by atoms with Crippen LogP contribution in [0.4, 0.5) is 0 Å². The van der Waals surface area contributed by atoms with Crippen LogP contribution in [0.1, 0.15) is 72.3 Å². The van der Waals surface area contributed by atoms with Crippen LogP contribution in [0.5, 0.6) is 5.75 Å². The first-order valence-corrected chi connectivity index (χ1v) is 9.47. The summed E-state index contributed by atoms with van der Waals surface area (Å²) in [5, 5.41) is 0. The molecule has 2 rings (SSSR count). The lowest BCUT2D eigenvalue weighted by molar-refractivity contribution is 0.0710. The fourth-order valence-electron chi connectivity index (χ4n) is 3.56. The minimum absolute atomic E-state index is 0.244. The van der Waals surface area contributed by atoms with E-state index in [9.17, 15) is 0 Å². The summed E-state index contributed by atoms with van der Waals surface area (Å²) in [4.78, 5) is 2.65. The fraction of sp³-hybridized carbons (Fsp3) is 0.714. The van der Waals surface area contributed by atoms with Crippen LogP contribution in [-0.4, -0.2) is 30.1 Å². The molecule has 23 heavy (non-hydrogen) atoms. The van der Waals surface area contributed by atoms with E-state index < -0.39 is 0 Å². The Morgan fingerprint density at radius 3 is 2.48 bits per heavy atom. The molecule has 1 aliphatic rings. The zero-order valence-electron chi connectivity index (χ0n) is 15.8. The lowest BCUT2D eigenvalue weighted by Gasteiger charge is -2.39. The van der Waals surface area contributed by atoms with Gasteiger partial charge < -0.3 is 4.74 Å². The average Bonchev–Trinajstić information content (AvgIpc) is 2.60. The van der Waals surface area contributed by atoms with Crippen molar-refractivity contribution in [1.29, 1.82) is 0 Å². The highest BCUT2D eigenvalue weighted by Gasteiger charge is 2.25. The van der Waals surface area contributed by atoms with Gasteiger partial charge in [-0.2, -0.15) is 0 Å². The molecule has 2 heteroatoms. The molecule has 1 saturated heterocycles. The van der Waals surface area contributed by atoms with Gasteiger partial charge in [-0.1, -0.05) is 46.2 Å². The van der Waals surface area contributed by atoms with Crippen molar-refractivity contribution in [2.24, 2.45) is 0 Å². The number of nitrogens with zero attached hydrogens (tertiary/aromatic N) is 1. The molecule has 130 valence electrons. The van der Waals surface area contributed by atoms with Gasteiger partial charge in [0.1, 0.15) is 12.4 Å². The Morgan fingerprint density at radius 2 is 1.87 bits per heavy atom. The molecule has 0 aromatic heterocycles. The normalized spacial score (nSPS) is 21.2. The molecule has 2 atom stereocenters. The summed E-state index contributed by atoms with van der Waals surface area (Å²) in [5.41, 5.74) is 1.64. The maximum atomic E-state index is 6.07. The summed E-state index contributed by atoms with van der Waals surface area (Å²) in [6.07, 6.45) is 6.48. The van der Waals surface area contributed by atoms with E-state index in [-0.39, 0.29) is 5.41 Å². The summed E-state index contributed by atoms with van der Waals surface area (Å²) in [5.74, 6) is 0.998. The van der Waals surface area contributed by atoms with Crippen molar-refractivity contribution in [2.45, 2.75) is 84.2 Å². The second kappa shape index (κ2) is 8.19. The van der Waals surface area contributed by atoms with Gasteiger partial charge in [0, 0.05) is 12.1 Å². The van der Waals surface area contributed by atoms with E-state index in [1.165, 1.54) is 37.8 Å². The van der Waals surface area contributed by atoms with Crippen molar-refractivity contribution in [1.82, 2.24) is 4.90 Å². The minimum Gasteiger partial charge on any atom is -0.492 e. The van der Waals surface area contributed by atoms with Gasteiger partial charge in [-0.15, -0.1) is 0 Å². The maximum Gasteiger partial charge on any atom is 0.119 e. The molecule has 2 nitrogen and oxygen atoms in total. The van der Waals surface area contributed by atoms with Crippen LogP contribution in [-0.2, 0) is 5.41 Å². The van der Waals surface area contributed by atoms with Gasteiger partial charge in [-0.25, -0.2) is 0 Å². The molecular weight excluding hydrogens is 282 g/mol. The highest BCUT2D eigenvalue weighted by Crippen LogP contribution is 2.28. The van der Waals surface area contributed by atoms with Gasteiger partial charge >= 0.3 is 0 Å². The summed E-state index contributed by atoms with van der Waals surface area (Å²) in [6.45, 7) is 13.5. The fourth-order valence-corrected chi connectivity index (χ4v) is 3.56. The maximum absolute atomic E-state index is 6.07. The van der Waals surface area contributed by atoms with Crippen LogP contribution >= 0.6 is 0 Å². The van der Waals surface area contributed by atoms with Gasteiger partial charge in [0.05, 0.1) is 0 Å². The van der Waals surface area contributed by atoms with Crippen molar-refractivity contribution in [3.63, 3.8) is 0 Å². The third-order valence-corrected chi connectivity index (χ3v) is 5.72. The number of benzene rings is 1. The SMILES string of the molecule is CCC1CCCCN1C(C)COc1ccc(C(C)(C)CC)cc1. The zero-order chi connectivity index (χ0) is 16.9. The van der Waals surface area contributed by atoms with Gasteiger partial charge in [-0.05, 0) is 62.3 Å². The Kier molecular flexibility index (Phi) is 6.52. The van der Waals surface area contributed by atoms with E-state index in [0.29, 0.717) is 6.04 Å². The molecule has 1 aromatic carbocycles. The molecule has 1 heterocycles. The molecule has 2 unspecified atom stereocenters. The largest absolute Gasteiger partial charge is 0.492 e. The molecular formula is C21H35NO. The minimum atomic E-state index is 0.244. The highest BCUT2D eigenvalue weighted by atomic mass is 16.5. The molecule has 0 saturated carbocycles. The van der Waals surface area contributed by atoms with Gasteiger partial charge in [-0.3, -0.25) is 4.90 Å². The van der Waals surface area contributed by atoms with E-state index >= 15 is 0 Å². The standard InChI is InChI=1S/C21H35NO/c1-6-19-10-8-9-15-22(19)17(3)16-23-20-13-11-18(12-14-20)21(4,5)7-2/h11-14,17,19H,6-10,15-16H2,1-5H3. The molecule has 0 aliphatic carbocycles. The number of likely N-dealkylation sites (tertiary alicyclic amines) is 1. The first kappa shape index (κ1) is 18.3. The first-order valence-electron chi connectivity index (χ1n) is 9.47. The smallest absolute Gasteiger partial charge is 0.119 e. The molecule has 1 aromatic rings. The number of piperidine rings is 1. The predicted octanol–water partition coefficient (Wildman–Crippen LogP) is 5.41. The van der Waals surface area contributed by atoms with Crippen LogP contribution in [0.3, 0.4) is 0 Å². The second-order valence-corrected chi connectivity index (χ2v) is 7.72. The van der Waals surface area contributed by atoms with Gasteiger partial charge in [0.15, 0.2) is 0 Å². The third-order valence-electron chi connectivity index (χ3n) is 5.72. The van der Waals surface area contributed by atoms with Crippen LogP contribution in [0.2, 0.25) is 0 Å². The van der Waals surface area contributed by atoms with E-state index in [0.717, 1.165) is 24.8 Å². The van der Waals surface area contributed by atoms with E-state index in [4.69, 9.17) is 4.74 Å². The van der Waals surface area contributed by atoms with Crippen LogP contribution in [0.25, 0.3) is 0 Å². The van der Waals surface area contributed by atoms with Crippen molar-refractivity contribution >= 4 is 0 Å². The van der Waals surface area contributed by atoms with Gasteiger partial charge in [0.2, 0.25) is 0 Å². The highest BCUT2D eigenvalue weighted by molar-refractivity contribution is 5.31. The Balaban J connectivity index is 1.90. The van der Waals surface area contributed by atoms with Gasteiger partial charge in [0.25, 0.3) is 0 Å². The summed E-state index contributed by atoms with van der Waals surface area (Å²) >= 11 is 0. The Hall–Kier alpha value is -1.02. The van der Waals surface area contributed by atoms with Crippen molar-refractivity contribution < 1.29 is 4.74 Å². The molecule has 0 spiro atoms. The Bertz CT molecular complexity index is 465. The lowest BCUT2D eigenvalue weighted by Crippen LogP contribution is -2.47. The predicted molar refractivity (Wildman–Crippen MR) is 99.4 cm³/mol. The Labute approximate surface area is 143 Å². The average molecular weight is 318 g/mol. The molecule has 0 N–H and O–H groups in total. The second-order valence-electron chi connectivity index (χ2n) is 7.72. The summed E-state index contributed by atoms with van der Waals surface area (Å²) in [7, 11) is 0. The molecule has 1 aliphatic heterocycles. The summed E-state index contributed by atoms with van der Waals surface area (Å²) in [6, 6.07) is 9.94. The molecule has 0 radical (unpaired) electrons. The van der Waals surface area contributed by atoms with Crippen molar-refractivity contribution in [2.75, 3.05) is 13.2 Å². The molecule has 1 fully saturated rings. The quantitative estimate of drug-likeness (QED) is 0.667. The third kappa shape index (κ3) is 4.73. The summed E-state index contributed by atoms with van der Waals surface area (Å²) < 4.78 is 6.07. The Morgan fingerprint density at radius 1 is 1.17 bits per heavy atom. The van der Waals surface area contributed by atoms with Crippen LogP contribution < -0.4 is 4.74 Å². The van der Waals surface area contributed by atoms with E-state index in [1.807, 2.05) is 0 Å². The van der Waals surface area contributed by atoms with Crippen molar-refractivity contribution in [3.8, 4) is 5.75 Å². The van der Waals surface area contributed by atoms with Crippen molar-refractivity contribution in [3.05, 3.63) is 29.8 Å². The topological polar surface area (TPSA) is 12.5 Å². The van der Waals surface area contributed by atoms with E-state index in [2.05, 4.69) is 63.8 Å². The molecule has 0 amide bonds. The molecule has 0 bridgehead atoms.